The fourth-order valence-electron chi connectivity index (χ4n) is 2.87. The maximum atomic E-state index is 9.85. The van der Waals surface area contributed by atoms with Gasteiger partial charge in [-0.25, -0.2) is 0 Å². The van der Waals surface area contributed by atoms with Crippen molar-refractivity contribution in [1.29, 1.82) is 0 Å². The lowest BCUT2D eigenvalue weighted by molar-refractivity contribution is 0.352. The Balaban J connectivity index is -0.000000534. The molecule has 0 spiro atoms. The molecule has 17 heteroatoms. The minimum Gasteiger partial charge on any atom is -0.330 e. The summed E-state index contributed by atoms with van der Waals surface area (Å²) in [5, 5.41) is 0. The van der Waals surface area contributed by atoms with Crippen LogP contribution in [0.5, 0.6) is 0 Å². The summed E-state index contributed by atoms with van der Waals surface area (Å²) in [4.78, 5) is 63.8. The zero-order valence-electron chi connectivity index (χ0n) is 21.8. The van der Waals surface area contributed by atoms with Gasteiger partial charge in [0.15, 0.2) is 11.8 Å². The van der Waals surface area contributed by atoms with Gasteiger partial charge in [-0.1, -0.05) is 76.9 Å². The quantitative estimate of drug-likeness (QED) is 0.0545. The number of rotatable bonds is 19. The molecule has 226 valence electrons. The second kappa shape index (κ2) is 24.1. The van der Waals surface area contributed by atoms with Crippen molar-refractivity contribution in [2.24, 2.45) is 5.73 Å². The normalized spacial score (nSPS) is 12.6. The monoisotopic (exact) mass is 619 g/mol. The second-order valence-electron chi connectivity index (χ2n) is 8.67. The summed E-state index contributed by atoms with van der Waals surface area (Å²) in [6.07, 6.45) is 23.9. The van der Waals surface area contributed by atoms with Gasteiger partial charge in [-0.15, -0.1) is 0 Å². The first-order valence-corrected chi connectivity index (χ1v) is 19.6. The SMILES string of the molecule is CCCCCCCC/C=C\CCCCCCCCN.O=P(O)(O)CP(=O)(O)O.O=P(O)(O)CP(=O)(O)O. The Labute approximate surface area is 221 Å². The van der Waals surface area contributed by atoms with Crippen molar-refractivity contribution in [1.82, 2.24) is 0 Å². The molecule has 0 bridgehead atoms. The highest BCUT2D eigenvalue weighted by Gasteiger charge is 2.27. The fraction of sp³-hybridized carbons (Fsp3) is 0.900. The van der Waals surface area contributed by atoms with Gasteiger partial charge in [0.1, 0.15) is 0 Å². The molecule has 0 aliphatic heterocycles. The predicted octanol–water partition coefficient (Wildman–Crippen LogP) is 4.58. The van der Waals surface area contributed by atoms with Crippen LogP contribution >= 0.6 is 30.4 Å². The van der Waals surface area contributed by atoms with Gasteiger partial charge in [-0.05, 0) is 38.6 Å². The van der Waals surface area contributed by atoms with Crippen molar-refractivity contribution in [3.63, 3.8) is 0 Å². The summed E-state index contributed by atoms with van der Waals surface area (Å²) in [7, 11) is -18.2. The van der Waals surface area contributed by atoms with Crippen LogP contribution in [0, 0.1) is 0 Å². The van der Waals surface area contributed by atoms with E-state index in [2.05, 4.69) is 19.1 Å². The zero-order chi connectivity index (χ0) is 29.4. The molecule has 0 atom stereocenters. The Morgan fingerprint density at radius 3 is 1.00 bits per heavy atom. The predicted molar refractivity (Wildman–Crippen MR) is 146 cm³/mol. The van der Waals surface area contributed by atoms with Crippen LogP contribution in [0.25, 0.3) is 0 Å². The number of allylic oxidation sites excluding steroid dienone is 2. The van der Waals surface area contributed by atoms with E-state index < -0.39 is 42.2 Å². The summed E-state index contributed by atoms with van der Waals surface area (Å²) >= 11 is 0. The van der Waals surface area contributed by atoms with Gasteiger partial charge < -0.3 is 44.9 Å². The summed E-state index contributed by atoms with van der Waals surface area (Å²) in [6.45, 7) is 3.14. The smallest absolute Gasteiger partial charge is 0.330 e. The standard InChI is InChI=1S/C18H37N.2CH6O6P2/c1-2-3-4-5-6-7-8-9-10-11-12-13-14-15-16-17-18-19;2*2-8(3,4)1-9(5,6)7/h9-10H,2-8,11-19H2,1H3;2*1H2,(H2,2,3,4)(H2,5,6,7)/b10-9-;;. The van der Waals surface area contributed by atoms with E-state index in [-0.39, 0.29) is 0 Å². The van der Waals surface area contributed by atoms with Crippen LogP contribution < -0.4 is 5.73 Å². The highest BCUT2D eigenvalue weighted by Crippen LogP contribution is 2.52. The first-order valence-electron chi connectivity index (χ1n) is 12.4. The third-order valence-corrected chi connectivity index (χ3v) is 10.3. The molecule has 0 rings (SSSR count). The van der Waals surface area contributed by atoms with E-state index in [1.165, 1.54) is 89.9 Å². The summed E-state index contributed by atoms with van der Waals surface area (Å²) in [6, 6.07) is 0. The van der Waals surface area contributed by atoms with E-state index in [4.69, 9.17) is 44.9 Å². The maximum Gasteiger partial charge on any atom is 0.337 e. The summed E-state index contributed by atoms with van der Waals surface area (Å²) < 4.78 is 39.4. The van der Waals surface area contributed by atoms with Gasteiger partial charge >= 0.3 is 30.4 Å². The number of unbranched alkanes of at least 4 members (excludes halogenated alkanes) is 12. The molecule has 0 radical (unpaired) electrons. The minimum atomic E-state index is -4.55. The summed E-state index contributed by atoms with van der Waals surface area (Å²) in [5.74, 6) is -2.75. The van der Waals surface area contributed by atoms with Crippen LogP contribution in [0.2, 0.25) is 0 Å². The van der Waals surface area contributed by atoms with Crippen LogP contribution in [-0.2, 0) is 18.3 Å². The van der Waals surface area contributed by atoms with Crippen LogP contribution in [0.3, 0.4) is 0 Å². The van der Waals surface area contributed by atoms with Gasteiger partial charge in [0, 0.05) is 0 Å². The van der Waals surface area contributed by atoms with Crippen molar-refractivity contribution in [3.8, 4) is 0 Å². The second-order valence-corrected chi connectivity index (χ2v) is 16.2. The van der Waals surface area contributed by atoms with Crippen LogP contribution in [0.1, 0.15) is 96.8 Å². The molecule has 0 amide bonds. The highest BCUT2D eigenvalue weighted by molar-refractivity contribution is 7.69. The molecule has 0 unspecified atom stereocenters. The number of nitrogens with two attached hydrogens (primary N) is 1. The van der Waals surface area contributed by atoms with Crippen molar-refractivity contribution in [2.75, 3.05) is 18.4 Å². The number of hydrogen-bond acceptors (Lipinski definition) is 5. The molecule has 0 aliphatic rings. The largest absolute Gasteiger partial charge is 0.337 e. The van der Waals surface area contributed by atoms with Crippen LogP contribution in [0.4, 0.5) is 0 Å². The molecule has 0 heterocycles. The minimum absolute atomic E-state index is 0.862. The van der Waals surface area contributed by atoms with Gasteiger partial charge in [-0.2, -0.15) is 0 Å². The molecular formula is C20H49NO12P4. The first-order chi connectivity index (χ1) is 16.8. The molecule has 0 aromatic rings. The lowest BCUT2D eigenvalue weighted by Gasteiger charge is -2.03. The molecule has 0 aromatic carbocycles. The van der Waals surface area contributed by atoms with Crippen molar-refractivity contribution in [2.45, 2.75) is 96.8 Å². The molecule has 0 aromatic heterocycles. The maximum absolute atomic E-state index is 9.85. The molecule has 37 heavy (non-hydrogen) atoms. The Morgan fingerprint density at radius 2 is 0.757 bits per heavy atom. The van der Waals surface area contributed by atoms with Crippen LogP contribution in [0.15, 0.2) is 12.2 Å². The highest BCUT2D eigenvalue weighted by atomic mass is 31.2. The molecular weight excluding hydrogens is 570 g/mol. The van der Waals surface area contributed by atoms with Gasteiger partial charge in [0.05, 0.1) is 0 Å². The Morgan fingerprint density at radius 1 is 0.486 bits per heavy atom. The van der Waals surface area contributed by atoms with E-state index in [1.807, 2.05) is 0 Å². The summed E-state index contributed by atoms with van der Waals surface area (Å²) in [5.41, 5.74) is 5.47. The first kappa shape index (κ1) is 41.8. The molecule has 0 aliphatic carbocycles. The average Bonchev–Trinajstić information content (AvgIpc) is 2.66. The third-order valence-electron chi connectivity index (χ3n) is 4.45. The van der Waals surface area contributed by atoms with E-state index in [0.717, 1.165) is 6.54 Å². The third kappa shape index (κ3) is 53.3. The Bertz CT molecular complexity index is 660. The molecule has 10 N–H and O–H groups in total. The molecule has 0 saturated heterocycles. The van der Waals surface area contributed by atoms with Gasteiger partial charge in [-0.3, -0.25) is 18.3 Å². The van der Waals surface area contributed by atoms with E-state index in [0.29, 0.717) is 0 Å². The van der Waals surface area contributed by atoms with E-state index in [9.17, 15) is 18.3 Å². The topological polar surface area (TPSA) is 256 Å². The van der Waals surface area contributed by atoms with E-state index >= 15 is 0 Å². The van der Waals surface area contributed by atoms with Crippen LogP contribution in [-0.4, -0.2) is 57.5 Å². The molecule has 0 fully saturated rings. The fourth-order valence-corrected chi connectivity index (χ4v) is 6.71. The average molecular weight is 620 g/mol. The van der Waals surface area contributed by atoms with Crippen molar-refractivity contribution < 1.29 is 57.4 Å². The Kier molecular flexibility index (Phi) is 27.2. The van der Waals surface area contributed by atoms with Gasteiger partial charge in [0.2, 0.25) is 0 Å². The van der Waals surface area contributed by atoms with Crippen molar-refractivity contribution >= 4 is 30.4 Å². The van der Waals surface area contributed by atoms with E-state index in [1.54, 1.807) is 0 Å². The van der Waals surface area contributed by atoms with Gasteiger partial charge in [0.25, 0.3) is 0 Å². The zero-order valence-corrected chi connectivity index (χ0v) is 25.3. The molecule has 13 nitrogen and oxygen atoms in total. The number of hydrogen-bond donors (Lipinski definition) is 9. The molecule has 0 saturated carbocycles. The Hall–Kier alpha value is 0.300. The van der Waals surface area contributed by atoms with Crippen molar-refractivity contribution in [3.05, 3.63) is 12.2 Å². The lowest BCUT2D eigenvalue weighted by atomic mass is 10.1. The lowest BCUT2D eigenvalue weighted by Crippen LogP contribution is -1.97.